The molecule has 2 heterocycles. The number of pyridine rings is 1. The number of halogens is 5. The number of carbonyl (C=O) groups is 1. The molecule has 10 heteroatoms. The molecule has 4 aromatic rings. The Morgan fingerprint density at radius 2 is 1.81 bits per heavy atom. The Balaban J connectivity index is 1.77. The van der Waals surface area contributed by atoms with Crippen molar-refractivity contribution in [3.8, 4) is 22.5 Å². The van der Waals surface area contributed by atoms with Gasteiger partial charge in [-0.1, -0.05) is 30.3 Å². The fourth-order valence-electron chi connectivity index (χ4n) is 3.16. The molecule has 2 aromatic carbocycles. The van der Waals surface area contributed by atoms with E-state index in [1.165, 1.54) is 18.5 Å². The maximum absolute atomic E-state index is 14.6. The van der Waals surface area contributed by atoms with Crippen molar-refractivity contribution in [2.24, 2.45) is 0 Å². The highest BCUT2D eigenvalue weighted by molar-refractivity contribution is 9.10. The van der Waals surface area contributed by atoms with Gasteiger partial charge >= 0.3 is 6.18 Å². The standard InChI is InChI=1S/C22H13BrF4N4O/c23-13-8-19(20(28-11-13)12-4-2-1-3-5-12)30-21(32)15-9-14(18-6-7-29-31-18)16(10-17(15)24)22(25,26)27/h1-11H,(H,29,31)(H,30,32). The van der Waals surface area contributed by atoms with Crippen molar-refractivity contribution in [1.29, 1.82) is 0 Å². The summed E-state index contributed by atoms with van der Waals surface area (Å²) < 4.78 is 55.6. The number of nitrogens with one attached hydrogen (secondary N) is 2. The van der Waals surface area contributed by atoms with Gasteiger partial charge in [0.2, 0.25) is 0 Å². The largest absolute Gasteiger partial charge is 0.417 e. The highest BCUT2D eigenvalue weighted by Crippen LogP contribution is 2.38. The van der Waals surface area contributed by atoms with Gasteiger partial charge < -0.3 is 5.32 Å². The molecule has 2 N–H and O–H groups in total. The molecule has 2 aromatic heterocycles. The number of hydrogen-bond donors (Lipinski definition) is 2. The Hall–Kier alpha value is -3.53. The molecular formula is C22H13BrF4N4O. The van der Waals surface area contributed by atoms with Crippen LogP contribution in [0.4, 0.5) is 23.2 Å². The maximum Gasteiger partial charge on any atom is 0.417 e. The molecule has 4 rings (SSSR count). The molecule has 0 unspecified atom stereocenters. The number of hydrogen-bond acceptors (Lipinski definition) is 3. The van der Waals surface area contributed by atoms with Crippen molar-refractivity contribution in [3.05, 3.63) is 88.4 Å². The van der Waals surface area contributed by atoms with Gasteiger partial charge in [0.05, 0.1) is 28.2 Å². The SMILES string of the molecule is O=C(Nc1cc(Br)cnc1-c1ccccc1)c1cc(-c2ccn[nH]2)c(C(F)(F)F)cc1F. The minimum atomic E-state index is -4.83. The summed E-state index contributed by atoms with van der Waals surface area (Å²) in [4.78, 5) is 17.2. The average molecular weight is 505 g/mol. The van der Waals surface area contributed by atoms with E-state index in [0.717, 1.165) is 6.07 Å². The maximum atomic E-state index is 14.6. The third kappa shape index (κ3) is 4.40. The van der Waals surface area contributed by atoms with Crippen LogP contribution in [-0.2, 0) is 6.18 Å². The molecule has 0 radical (unpaired) electrons. The molecule has 0 spiro atoms. The lowest BCUT2D eigenvalue weighted by Crippen LogP contribution is -2.17. The van der Waals surface area contributed by atoms with Crippen molar-refractivity contribution in [2.75, 3.05) is 5.32 Å². The predicted octanol–water partition coefficient (Wildman–Crippen LogP) is 6.31. The number of benzene rings is 2. The molecule has 0 aliphatic rings. The highest BCUT2D eigenvalue weighted by Gasteiger charge is 2.36. The molecule has 0 aliphatic heterocycles. The number of nitrogens with zero attached hydrogens (tertiary/aromatic N) is 2. The van der Waals surface area contributed by atoms with Crippen molar-refractivity contribution in [3.63, 3.8) is 0 Å². The first-order valence-electron chi connectivity index (χ1n) is 9.17. The normalized spacial score (nSPS) is 11.4. The van der Waals surface area contributed by atoms with E-state index in [2.05, 4.69) is 36.4 Å². The number of aromatic nitrogens is 3. The van der Waals surface area contributed by atoms with Crippen LogP contribution in [-0.4, -0.2) is 21.1 Å². The fourth-order valence-corrected chi connectivity index (χ4v) is 3.49. The quantitative estimate of drug-likeness (QED) is 0.320. The summed E-state index contributed by atoms with van der Waals surface area (Å²) in [6, 6.07) is 13.0. The van der Waals surface area contributed by atoms with E-state index < -0.39 is 34.6 Å². The van der Waals surface area contributed by atoms with Crippen molar-refractivity contribution >= 4 is 27.5 Å². The molecule has 0 fully saturated rings. The van der Waals surface area contributed by atoms with Gasteiger partial charge in [0.25, 0.3) is 5.91 Å². The Morgan fingerprint density at radius 3 is 2.47 bits per heavy atom. The van der Waals surface area contributed by atoms with E-state index in [1.54, 1.807) is 30.3 Å². The van der Waals surface area contributed by atoms with E-state index in [-0.39, 0.29) is 11.4 Å². The van der Waals surface area contributed by atoms with Gasteiger partial charge in [0.1, 0.15) is 5.82 Å². The van der Waals surface area contributed by atoms with E-state index in [0.29, 0.717) is 21.8 Å². The molecule has 0 bridgehead atoms. The van der Waals surface area contributed by atoms with Crippen LogP contribution in [0.3, 0.4) is 0 Å². The molecule has 1 amide bonds. The van der Waals surface area contributed by atoms with Gasteiger partial charge in [-0.25, -0.2) is 4.39 Å². The third-order valence-electron chi connectivity index (χ3n) is 4.60. The number of amides is 1. The zero-order valence-corrected chi connectivity index (χ0v) is 17.6. The van der Waals surface area contributed by atoms with Crippen LogP contribution < -0.4 is 5.32 Å². The summed E-state index contributed by atoms with van der Waals surface area (Å²) in [6.45, 7) is 0. The summed E-state index contributed by atoms with van der Waals surface area (Å²) >= 11 is 3.27. The third-order valence-corrected chi connectivity index (χ3v) is 5.03. The summed E-state index contributed by atoms with van der Waals surface area (Å²) in [5, 5.41) is 8.62. The Bertz CT molecular complexity index is 1280. The van der Waals surface area contributed by atoms with Gasteiger partial charge in [-0.05, 0) is 40.2 Å². The molecule has 32 heavy (non-hydrogen) atoms. The molecule has 0 saturated carbocycles. The van der Waals surface area contributed by atoms with Gasteiger partial charge in [0, 0.05) is 28.0 Å². The summed E-state index contributed by atoms with van der Waals surface area (Å²) in [5.74, 6) is -2.23. The lowest BCUT2D eigenvalue weighted by Gasteiger charge is -2.15. The Morgan fingerprint density at radius 1 is 1.06 bits per heavy atom. The zero-order chi connectivity index (χ0) is 22.9. The van der Waals surface area contributed by atoms with Gasteiger partial charge in [-0.15, -0.1) is 0 Å². The van der Waals surface area contributed by atoms with Crippen molar-refractivity contribution < 1.29 is 22.4 Å². The van der Waals surface area contributed by atoms with Crippen LogP contribution >= 0.6 is 15.9 Å². The van der Waals surface area contributed by atoms with Crippen LogP contribution in [0.1, 0.15) is 15.9 Å². The summed E-state index contributed by atoms with van der Waals surface area (Å²) in [7, 11) is 0. The minimum Gasteiger partial charge on any atom is -0.320 e. The van der Waals surface area contributed by atoms with E-state index in [4.69, 9.17) is 0 Å². The van der Waals surface area contributed by atoms with Crippen LogP contribution in [0.2, 0.25) is 0 Å². The predicted molar refractivity (Wildman–Crippen MR) is 114 cm³/mol. The number of H-pyrrole nitrogens is 1. The average Bonchev–Trinajstić information content (AvgIpc) is 3.28. The highest BCUT2D eigenvalue weighted by atomic mass is 79.9. The second-order valence-electron chi connectivity index (χ2n) is 6.72. The summed E-state index contributed by atoms with van der Waals surface area (Å²) in [5.41, 5.74) is -0.785. The van der Waals surface area contributed by atoms with Crippen molar-refractivity contribution in [2.45, 2.75) is 6.18 Å². The molecule has 0 aliphatic carbocycles. The topological polar surface area (TPSA) is 70.7 Å². The number of carbonyl (C=O) groups excluding carboxylic acids is 1. The number of aromatic amines is 1. The lowest BCUT2D eigenvalue weighted by molar-refractivity contribution is -0.137. The molecule has 0 atom stereocenters. The lowest BCUT2D eigenvalue weighted by atomic mass is 9.99. The molecular weight excluding hydrogens is 492 g/mol. The van der Waals surface area contributed by atoms with E-state index in [1.807, 2.05) is 6.07 Å². The molecule has 162 valence electrons. The van der Waals surface area contributed by atoms with E-state index in [9.17, 15) is 22.4 Å². The van der Waals surface area contributed by atoms with E-state index >= 15 is 0 Å². The fraction of sp³-hybridized carbons (Fsp3) is 0.0455. The van der Waals surface area contributed by atoms with Crippen LogP contribution in [0.5, 0.6) is 0 Å². The zero-order valence-electron chi connectivity index (χ0n) is 16.0. The second-order valence-corrected chi connectivity index (χ2v) is 7.63. The van der Waals surface area contributed by atoms with Crippen LogP contribution in [0, 0.1) is 5.82 Å². The Kier molecular flexibility index (Phi) is 5.79. The number of rotatable bonds is 4. The van der Waals surface area contributed by atoms with Gasteiger partial charge in [-0.2, -0.15) is 18.3 Å². The van der Waals surface area contributed by atoms with Gasteiger partial charge in [0.15, 0.2) is 0 Å². The smallest absolute Gasteiger partial charge is 0.320 e. The first kappa shape index (κ1) is 21.7. The van der Waals surface area contributed by atoms with Crippen molar-refractivity contribution in [1.82, 2.24) is 15.2 Å². The molecule has 5 nitrogen and oxygen atoms in total. The van der Waals surface area contributed by atoms with Crippen LogP contribution in [0.15, 0.2) is 71.5 Å². The molecule has 0 saturated heterocycles. The van der Waals surface area contributed by atoms with Gasteiger partial charge in [-0.3, -0.25) is 14.9 Å². The second kappa shape index (κ2) is 8.54. The minimum absolute atomic E-state index is 0.000437. The Labute approximate surface area is 187 Å². The van der Waals surface area contributed by atoms with Crippen LogP contribution in [0.25, 0.3) is 22.5 Å². The first-order valence-corrected chi connectivity index (χ1v) is 9.96. The summed E-state index contributed by atoms with van der Waals surface area (Å²) in [6.07, 6.45) is -2.03. The number of alkyl halides is 3. The first-order chi connectivity index (χ1) is 15.2. The monoisotopic (exact) mass is 504 g/mol. The number of anilines is 1.